The van der Waals surface area contributed by atoms with Crippen LogP contribution in [-0.2, 0) is 26.1 Å². The second kappa shape index (κ2) is 9.33. The molecule has 166 valence electrons. The number of ether oxygens (including phenoxy) is 1. The monoisotopic (exact) mass is 437 g/mol. The third-order valence-electron chi connectivity index (χ3n) is 6.07. The Morgan fingerprint density at radius 2 is 1.76 bits per heavy atom. The quantitative estimate of drug-likeness (QED) is 0.392. The van der Waals surface area contributed by atoms with Crippen LogP contribution in [0.3, 0.4) is 0 Å². The van der Waals surface area contributed by atoms with Gasteiger partial charge in [0.15, 0.2) is 0 Å². The Morgan fingerprint density at radius 1 is 0.970 bits per heavy atom. The Morgan fingerprint density at radius 3 is 2.58 bits per heavy atom. The van der Waals surface area contributed by atoms with Crippen LogP contribution in [0.5, 0.6) is 5.75 Å². The van der Waals surface area contributed by atoms with Gasteiger partial charge in [-0.05, 0) is 41.8 Å². The SMILES string of the molecule is COc1cccc(C(=O)N(Cc2ccccc2)Cc2cccc(-c3cn4c(n3)CCC4)c2)c1. The first-order valence-electron chi connectivity index (χ1n) is 11.3. The molecule has 0 atom stereocenters. The highest BCUT2D eigenvalue weighted by Gasteiger charge is 2.19. The lowest BCUT2D eigenvalue weighted by molar-refractivity contribution is 0.0729. The van der Waals surface area contributed by atoms with Crippen molar-refractivity contribution in [3.8, 4) is 17.0 Å². The highest BCUT2D eigenvalue weighted by atomic mass is 16.5. The molecule has 0 unspecified atom stereocenters. The molecule has 33 heavy (non-hydrogen) atoms. The second-order valence-electron chi connectivity index (χ2n) is 8.42. The first-order chi connectivity index (χ1) is 16.2. The topological polar surface area (TPSA) is 47.4 Å². The number of fused-ring (bicyclic) bond motifs is 1. The number of carbonyl (C=O) groups is 1. The number of carbonyl (C=O) groups excluding carboxylic acids is 1. The van der Waals surface area contributed by atoms with Gasteiger partial charge in [-0.2, -0.15) is 0 Å². The van der Waals surface area contributed by atoms with Crippen LogP contribution in [0.25, 0.3) is 11.3 Å². The molecule has 5 rings (SSSR count). The van der Waals surface area contributed by atoms with Crippen LogP contribution in [0.2, 0.25) is 0 Å². The van der Waals surface area contributed by atoms with Crippen molar-refractivity contribution in [3.05, 3.63) is 108 Å². The number of hydrogen-bond acceptors (Lipinski definition) is 3. The van der Waals surface area contributed by atoms with Gasteiger partial charge in [-0.1, -0.05) is 54.6 Å². The maximum absolute atomic E-state index is 13.5. The lowest BCUT2D eigenvalue weighted by Gasteiger charge is -2.24. The van der Waals surface area contributed by atoms with Gasteiger partial charge in [-0.25, -0.2) is 4.98 Å². The minimum absolute atomic E-state index is 0.0240. The second-order valence-corrected chi connectivity index (χ2v) is 8.42. The summed E-state index contributed by atoms with van der Waals surface area (Å²) in [4.78, 5) is 20.2. The number of amides is 1. The zero-order valence-corrected chi connectivity index (χ0v) is 18.8. The normalized spacial score (nSPS) is 12.4. The zero-order chi connectivity index (χ0) is 22.6. The molecule has 0 radical (unpaired) electrons. The number of nitrogens with zero attached hydrogens (tertiary/aromatic N) is 3. The molecule has 0 aliphatic carbocycles. The van der Waals surface area contributed by atoms with Crippen LogP contribution in [0, 0.1) is 0 Å². The smallest absolute Gasteiger partial charge is 0.254 e. The summed E-state index contributed by atoms with van der Waals surface area (Å²) in [5.74, 6) is 1.81. The molecule has 2 heterocycles. The summed E-state index contributed by atoms with van der Waals surface area (Å²) in [6.45, 7) is 2.08. The standard InChI is InChI=1S/C28H27N3O2/c1-33-25-13-6-12-24(17-25)28(32)31(18-21-8-3-2-4-9-21)19-22-10-5-11-23(16-22)26-20-30-15-7-14-27(30)29-26/h2-6,8-13,16-17,20H,7,14-15,18-19H2,1H3. The molecule has 0 spiro atoms. The first kappa shape index (κ1) is 21.0. The Kier molecular flexibility index (Phi) is 5.94. The Hall–Kier alpha value is -3.86. The molecule has 4 aromatic rings. The van der Waals surface area contributed by atoms with E-state index < -0.39 is 0 Å². The Labute approximate surface area is 194 Å². The fourth-order valence-electron chi connectivity index (χ4n) is 4.39. The zero-order valence-electron chi connectivity index (χ0n) is 18.8. The molecule has 5 heteroatoms. The van der Waals surface area contributed by atoms with Gasteiger partial charge in [0.1, 0.15) is 11.6 Å². The van der Waals surface area contributed by atoms with E-state index in [-0.39, 0.29) is 5.91 Å². The third-order valence-corrected chi connectivity index (χ3v) is 6.07. The van der Waals surface area contributed by atoms with E-state index in [4.69, 9.17) is 9.72 Å². The summed E-state index contributed by atoms with van der Waals surface area (Å²) in [5.41, 5.74) is 4.87. The number of imidazole rings is 1. The van der Waals surface area contributed by atoms with Crippen LogP contribution in [0.15, 0.2) is 85.1 Å². The number of rotatable bonds is 7. The predicted octanol–water partition coefficient (Wildman–Crippen LogP) is 5.35. The average molecular weight is 438 g/mol. The fraction of sp³-hybridized carbons (Fsp3) is 0.214. The third kappa shape index (κ3) is 4.67. The van der Waals surface area contributed by atoms with Gasteiger partial charge in [-0.15, -0.1) is 0 Å². The number of hydrogen-bond donors (Lipinski definition) is 0. The molecule has 0 fully saturated rings. The highest BCUT2D eigenvalue weighted by Crippen LogP contribution is 2.25. The maximum Gasteiger partial charge on any atom is 0.254 e. The molecule has 1 amide bonds. The summed E-state index contributed by atoms with van der Waals surface area (Å²) in [7, 11) is 1.61. The summed E-state index contributed by atoms with van der Waals surface area (Å²) in [6.07, 6.45) is 4.35. The van der Waals surface area contributed by atoms with Crippen LogP contribution < -0.4 is 4.74 Å². The predicted molar refractivity (Wildman–Crippen MR) is 129 cm³/mol. The van der Waals surface area contributed by atoms with Gasteiger partial charge >= 0.3 is 0 Å². The van der Waals surface area contributed by atoms with E-state index in [9.17, 15) is 4.79 Å². The molecule has 0 N–H and O–H groups in total. The molecular formula is C28H27N3O2. The van der Waals surface area contributed by atoms with Crippen molar-refractivity contribution in [2.45, 2.75) is 32.5 Å². The van der Waals surface area contributed by atoms with E-state index in [1.165, 1.54) is 6.42 Å². The van der Waals surface area contributed by atoms with Crippen LogP contribution in [-0.4, -0.2) is 27.5 Å². The lowest BCUT2D eigenvalue weighted by atomic mass is 10.1. The van der Waals surface area contributed by atoms with Gasteiger partial charge in [-0.3, -0.25) is 4.79 Å². The number of aromatic nitrogens is 2. The van der Waals surface area contributed by atoms with Crippen molar-refractivity contribution in [1.82, 2.24) is 14.5 Å². The summed E-state index contributed by atoms with van der Waals surface area (Å²) in [6, 6.07) is 25.8. The van der Waals surface area contributed by atoms with E-state index in [0.717, 1.165) is 41.2 Å². The molecule has 1 aliphatic heterocycles. The average Bonchev–Trinajstić information content (AvgIpc) is 3.47. The molecule has 0 saturated heterocycles. The highest BCUT2D eigenvalue weighted by molar-refractivity contribution is 5.94. The van der Waals surface area contributed by atoms with Crippen LogP contribution in [0.4, 0.5) is 0 Å². The number of methoxy groups -OCH3 is 1. The maximum atomic E-state index is 13.5. The van der Waals surface area contributed by atoms with E-state index in [2.05, 4.69) is 41.1 Å². The molecule has 5 nitrogen and oxygen atoms in total. The first-order valence-corrected chi connectivity index (χ1v) is 11.3. The molecule has 1 aromatic heterocycles. The van der Waals surface area contributed by atoms with Crippen molar-refractivity contribution in [2.75, 3.05) is 7.11 Å². The molecule has 1 aliphatic rings. The van der Waals surface area contributed by atoms with Crippen molar-refractivity contribution in [1.29, 1.82) is 0 Å². The van der Waals surface area contributed by atoms with Crippen LogP contribution >= 0.6 is 0 Å². The number of benzene rings is 3. The van der Waals surface area contributed by atoms with E-state index in [1.54, 1.807) is 13.2 Å². The van der Waals surface area contributed by atoms with Gasteiger partial charge in [0.05, 0.1) is 12.8 Å². The number of aryl methyl sites for hydroxylation is 2. The fourth-order valence-corrected chi connectivity index (χ4v) is 4.39. The van der Waals surface area contributed by atoms with Gasteiger partial charge in [0, 0.05) is 43.4 Å². The summed E-state index contributed by atoms with van der Waals surface area (Å²) < 4.78 is 7.58. The minimum atomic E-state index is -0.0240. The lowest BCUT2D eigenvalue weighted by Crippen LogP contribution is -2.30. The molecular weight excluding hydrogens is 410 g/mol. The molecule has 0 bridgehead atoms. The summed E-state index contributed by atoms with van der Waals surface area (Å²) >= 11 is 0. The van der Waals surface area contributed by atoms with Gasteiger partial charge in [0.25, 0.3) is 5.91 Å². The van der Waals surface area contributed by atoms with Gasteiger partial charge < -0.3 is 14.2 Å². The van der Waals surface area contributed by atoms with E-state index >= 15 is 0 Å². The van der Waals surface area contributed by atoms with Crippen molar-refractivity contribution in [2.24, 2.45) is 0 Å². The largest absolute Gasteiger partial charge is 0.497 e. The molecule has 0 saturated carbocycles. The van der Waals surface area contributed by atoms with E-state index in [1.807, 2.05) is 47.4 Å². The molecule has 3 aromatic carbocycles. The Bertz CT molecular complexity index is 1240. The van der Waals surface area contributed by atoms with Crippen molar-refractivity contribution in [3.63, 3.8) is 0 Å². The van der Waals surface area contributed by atoms with E-state index in [0.29, 0.717) is 24.4 Å². The van der Waals surface area contributed by atoms with Crippen LogP contribution in [0.1, 0.15) is 33.7 Å². The summed E-state index contributed by atoms with van der Waals surface area (Å²) in [5, 5.41) is 0. The van der Waals surface area contributed by atoms with Crippen molar-refractivity contribution < 1.29 is 9.53 Å². The van der Waals surface area contributed by atoms with Gasteiger partial charge in [0.2, 0.25) is 0 Å². The van der Waals surface area contributed by atoms with Crippen molar-refractivity contribution >= 4 is 5.91 Å². The minimum Gasteiger partial charge on any atom is -0.497 e. The Balaban J connectivity index is 1.43.